The van der Waals surface area contributed by atoms with Crippen molar-refractivity contribution in [2.75, 3.05) is 55.7 Å². The molecule has 3 aliphatic rings. The number of aromatic nitrogens is 1. The number of carbonyl (C=O) groups is 2. The molecule has 0 saturated carbocycles. The number of hydrogen-bond donors (Lipinski definition) is 1. The lowest BCUT2D eigenvalue weighted by Crippen LogP contribution is -2.50. The van der Waals surface area contributed by atoms with Gasteiger partial charge < -0.3 is 24.8 Å². The predicted octanol–water partition coefficient (Wildman–Crippen LogP) is 1.30. The van der Waals surface area contributed by atoms with Crippen molar-refractivity contribution in [3.05, 3.63) is 29.6 Å². The number of carbonyl (C=O) groups excluding carboxylic acids is 2. The van der Waals surface area contributed by atoms with Gasteiger partial charge in [0.1, 0.15) is 5.82 Å². The predicted molar refractivity (Wildman–Crippen MR) is 111 cm³/mol. The molecule has 30 heavy (non-hydrogen) atoms. The van der Waals surface area contributed by atoms with E-state index in [-0.39, 0.29) is 30.2 Å². The fourth-order valence-corrected chi connectivity index (χ4v) is 4.56. The van der Waals surface area contributed by atoms with Crippen LogP contribution in [0.3, 0.4) is 0 Å². The minimum Gasteiger partial charge on any atom is -0.378 e. The first kappa shape index (κ1) is 20.6. The van der Waals surface area contributed by atoms with Gasteiger partial charge in [-0.2, -0.15) is 0 Å². The molecule has 8 nitrogen and oxygen atoms in total. The van der Waals surface area contributed by atoms with E-state index < -0.39 is 5.82 Å². The van der Waals surface area contributed by atoms with E-state index in [4.69, 9.17) is 9.72 Å². The van der Waals surface area contributed by atoms with E-state index in [1.54, 1.807) is 4.90 Å². The number of morpholine rings is 1. The quantitative estimate of drug-likeness (QED) is 0.728. The van der Waals surface area contributed by atoms with Gasteiger partial charge in [0.2, 0.25) is 5.91 Å². The molecule has 2 amide bonds. The Bertz CT molecular complexity index is 856. The zero-order valence-electron chi connectivity index (χ0n) is 17.3. The van der Waals surface area contributed by atoms with Gasteiger partial charge in [0, 0.05) is 50.9 Å². The van der Waals surface area contributed by atoms with Crippen LogP contribution in [0.25, 0.3) is 0 Å². The SMILES string of the molecule is C=CC(=O)N1CCCC(N(CC)c2nc(N3CCOCC3)c3c(c2F)CNC3=O)C1. The van der Waals surface area contributed by atoms with Gasteiger partial charge in [0.25, 0.3) is 5.91 Å². The minimum atomic E-state index is -0.450. The van der Waals surface area contributed by atoms with Crippen LogP contribution in [0.2, 0.25) is 0 Å². The molecule has 1 aromatic rings. The van der Waals surface area contributed by atoms with E-state index in [0.717, 1.165) is 12.8 Å². The molecule has 1 atom stereocenters. The summed E-state index contributed by atoms with van der Waals surface area (Å²) in [5.74, 6) is -0.0654. The Morgan fingerprint density at radius 3 is 2.87 bits per heavy atom. The molecule has 1 unspecified atom stereocenters. The van der Waals surface area contributed by atoms with E-state index in [0.29, 0.717) is 62.9 Å². The van der Waals surface area contributed by atoms with Crippen LogP contribution in [-0.4, -0.2) is 73.7 Å². The third kappa shape index (κ3) is 3.62. The van der Waals surface area contributed by atoms with Crippen molar-refractivity contribution in [3.8, 4) is 0 Å². The summed E-state index contributed by atoms with van der Waals surface area (Å²) in [6, 6.07) is -0.0460. The second-order valence-corrected chi connectivity index (χ2v) is 7.78. The maximum atomic E-state index is 15.6. The molecule has 4 rings (SSSR count). The maximum absolute atomic E-state index is 15.6. The van der Waals surface area contributed by atoms with Crippen LogP contribution in [0.15, 0.2) is 12.7 Å². The van der Waals surface area contributed by atoms with Crippen LogP contribution >= 0.6 is 0 Å². The molecule has 0 spiro atoms. The normalized spacial score (nSPS) is 21.3. The number of anilines is 2. The number of rotatable bonds is 5. The van der Waals surface area contributed by atoms with E-state index in [2.05, 4.69) is 11.9 Å². The molecule has 2 fully saturated rings. The molecule has 3 aliphatic heterocycles. The minimum absolute atomic E-state index is 0.0460. The smallest absolute Gasteiger partial charge is 0.255 e. The Labute approximate surface area is 175 Å². The summed E-state index contributed by atoms with van der Waals surface area (Å²) in [5.41, 5.74) is 0.709. The van der Waals surface area contributed by atoms with Crippen molar-refractivity contribution in [3.63, 3.8) is 0 Å². The Kier molecular flexibility index (Phi) is 5.90. The van der Waals surface area contributed by atoms with Crippen LogP contribution in [0.1, 0.15) is 35.7 Å². The molecule has 162 valence electrons. The lowest BCUT2D eigenvalue weighted by Gasteiger charge is -2.40. The summed E-state index contributed by atoms with van der Waals surface area (Å²) in [4.78, 5) is 34.9. The summed E-state index contributed by atoms with van der Waals surface area (Å²) in [7, 11) is 0. The van der Waals surface area contributed by atoms with Gasteiger partial charge in [-0.05, 0) is 25.8 Å². The number of nitrogens with zero attached hydrogens (tertiary/aromatic N) is 4. The monoisotopic (exact) mass is 417 g/mol. The van der Waals surface area contributed by atoms with Crippen molar-refractivity contribution in [2.45, 2.75) is 32.4 Å². The number of piperidine rings is 1. The third-order valence-corrected chi connectivity index (χ3v) is 6.10. The molecular formula is C21H28FN5O3. The standard InChI is InChI=1S/C21H28FN5O3/c1-3-16(28)26-7-5-6-14(13-26)27(4-2)20-18(22)15-12-23-21(29)17(15)19(24-20)25-8-10-30-11-9-25/h3,14H,1,4-13H2,2H3,(H,23,29). The molecule has 1 aromatic heterocycles. The Morgan fingerprint density at radius 1 is 1.40 bits per heavy atom. The number of amides is 2. The zero-order valence-corrected chi connectivity index (χ0v) is 17.3. The number of ether oxygens (including phenoxy) is 1. The lowest BCUT2D eigenvalue weighted by molar-refractivity contribution is -0.127. The maximum Gasteiger partial charge on any atom is 0.255 e. The van der Waals surface area contributed by atoms with E-state index >= 15 is 4.39 Å². The van der Waals surface area contributed by atoms with Crippen LogP contribution in [0.5, 0.6) is 0 Å². The molecule has 9 heteroatoms. The van der Waals surface area contributed by atoms with Crippen molar-refractivity contribution < 1.29 is 18.7 Å². The third-order valence-electron chi connectivity index (χ3n) is 6.10. The second-order valence-electron chi connectivity index (χ2n) is 7.78. The number of hydrogen-bond acceptors (Lipinski definition) is 6. The number of fused-ring (bicyclic) bond motifs is 1. The number of halogens is 1. The van der Waals surface area contributed by atoms with Gasteiger partial charge >= 0.3 is 0 Å². The van der Waals surface area contributed by atoms with E-state index in [1.165, 1.54) is 6.08 Å². The lowest BCUT2D eigenvalue weighted by atomic mass is 10.0. The molecule has 2 saturated heterocycles. The first-order valence-electron chi connectivity index (χ1n) is 10.6. The highest BCUT2D eigenvalue weighted by atomic mass is 19.1. The average molecular weight is 417 g/mol. The zero-order chi connectivity index (χ0) is 21.3. The number of likely N-dealkylation sites (N-methyl/N-ethyl adjacent to an activating group) is 1. The largest absolute Gasteiger partial charge is 0.378 e. The van der Waals surface area contributed by atoms with Gasteiger partial charge in [-0.1, -0.05) is 6.58 Å². The summed E-state index contributed by atoms with van der Waals surface area (Å²) >= 11 is 0. The summed E-state index contributed by atoms with van der Waals surface area (Å²) < 4.78 is 21.0. The first-order valence-corrected chi connectivity index (χ1v) is 10.6. The molecule has 0 aliphatic carbocycles. The van der Waals surface area contributed by atoms with Crippen LogP contribution < -0.4 is 15.1 Å². The Hall–Kier alpha value is -2.68. The van der Waals surface area contributed by atoms with Crippen LogP contribution in [-0.2, 0) is 16.1 Å². The number of likely N-dealkylation sites (tertiary alicyclic amines) is 1. The number of nitrogens with one attached hydrogen (secondary N) is 1. The second kappa shape index (κ2) is 8.59. The molecule has 0 aromatic carbocycles. The highest BCUT2D eigenvalue weighted by Crippen LogP contribution is 2.35. The fourth-order valence-electron chi connectivity index (χ4n) is 4.56. The van der Waals surface area contributed by atoms with Gasteiger partial charge in [0.15, 0.2) is 11.6 Å². The van der Waals surface area contributed by atoms with Crippen molar-refractivity contribution in [2.24, 2.45) is 0 Å². The molecule has 1 N–H and O–H groups in total. The van der Waals surface area contributed by atoms with Gasteiger partial charge in [-0.3, -0.25) is 9.59 Å². The first-order chi connectivity index (χ1) is 14.5. The van der Waals surface area contributed by atoms with Crippen molar-refractivity contribution >= 4 is 23.5 Å². The van der Waals surface area contributed by atoms with E-state index in [9.17, 15) is 9.59 Å². The highest BCUT2D eigenvalue weighted by molar-refractivity contribution is 6.03. The van der Waals surface area contributed by atoms with Gasteiger partial charge in [-0.15, -0.1) is 0 Å². The topological polar surface area (TPSA) is 78.0 Å². The van der Waals surface area contributed by atoms with Crippen LogP contribution in [0, 0.1) is 5.82 Å². The van der Waals surface area contributed by atoms with E-state index in [1.807, 2.05) is 16.7 Å². The van der Waals surface area contributed by atoms with Gasteiger partial charge in [-0.25, -0.2) is 9.37 Å². The van der Waals surface area contributed by atoms with Crippen molar-refractivity contribution in [1.29, 1.82) is 0 Å². The van der Waals surface area contributed by atoms with Gasteiger partial charge in [0.05, 0.1) is 18.8 Å². The fraction of sp³-hybridized carbons (Fsp3) is 0.571. The number of pyridine rings is 1. The summed E-state index contributed by atoms with van der Waals surface area (Å²) in [6.07, 6.45) is 3.00. The molecule has 0 bridgehead atoms. The van der Waals surface area contributed by atoms with Crippen LogP contribution in [0.4, 0.5) is 16.0 Å². The highest BCUT2D eigenvalue weighted by Gasteiger charge is 2.36. The summed E-state index contributed by atoms with van der Waals surface area (Å²) in [6.45, 7) is 9.73. The molecular weight excluding hydrogens is 389 g/mol. The van der Waals surface area contributed by atoms with Crippen molar-refractivity contribution in [1.82, 2.24) is 15.2 Å². The average Bonchev–Trinajstić information content (AvgIpc) is 3.18. The summed E-state index contributed by atoms with van der Waals surface area (Å²) in [5, 5.41) is 2.74. The Balaban J connectivity index is 1.72. The molecule has 0 radical (unpaired) electrons. The molecule has 4 heterocycles. The Morgan fingerprint density at radius 2 is 2.17 bits per heavy atom.